The highest BCUT2D eigenvalue weighted by molar-refractivity contribution is 8.13. The Labute approximate surface area is 143 Å². The second kappa shape index (κ2) is 8.48. The normalized spacial score (nSPS) is 14.5. The summed E-state index contributed by atoms with van der Waals surface area (Å²) >= 11 is 1.08. The van der Waals surface area contributed by atoms with Gasteiger partial charge in [0.15, 0.2) is 16.6 Å². The number of rotatable bonds is 8. The molecule has 0 fully saturated rings. The Hall–Kier alpha value is -1.61. The second-order valence-corrected chi connectivity index (χ2v) is 7.56. The summed E-state index contributed by atoms with van der Waals surface area (Å²) in [7, 11) is -2.75. The van der Waals surface area contributed by atoms with Crippen molar-refractivity contribution in [3.8, 4) is 0 Å². The fourth-order valence-electron chi connectivity index (χ4n) is 2.15. The fourth-order valence-corrected chi connectivity index (χ4v) is 3.59. The number of nitrogens with two attached hydrogens (primary N) is 1. The number of fused-ring (bicyclic) bond motifs is 1. The topological polar surface area (TPSA) is 136 Å². The lowest BCUT2D eigenvalue weighted by molar-refractivity contribution is -0.176. The lowest BCUT2D eigenvalue weighted by Gasteiger charge is -2.17. The summed E-state index contributed by atoms with van der Waals surface area (Å²) in [4.78, 5) is 34.4. The summed E-state index contributed by atoms with van der Waals surface area (Å²) in [6, 6.07) is 0. The van der Waals surface area contributed by atoms with Gasteiger partial charge in [-0.1, -0.05) is 16.3 Å². The van der Waals surface area contributed by atoms with Crippen LogP contribution in [0.1, 0.15) is 20.3 Å². The van der Waals surface area contributed by atoms with E-state index in [1.165, 1.54) is 13.3 Å². The molecule has 0 aliphatic carbocycles. The Kier molecular flexibility index (Phi) is 6.61. The standard InChI is InChI=1S/C13H18N5O4PS/c1-8(22-10(23(20)21)3-4-24-9(2)19)5-18-7-17-11-12(14)15-6-16-13(11)18/h6-8,10H,3-5H2,1-2H3,(H2,14,15,16). The van der Waals surface area contributed by atoms with E-state index in [1.54, 1.807) is 17.8 Å². The third-order valence-electron chi connectivity index (χ3n) is 3.18. The number of thioether (sulfide) groups is 1. The number of imidazole rings is 1. The van der Waals surface area contributed by atoms with E-state index in [9.17, 15) is 14.3 Å². The van der Waals surface area contributed by atoms with Crippen LogP contribution >= 0.6 is 19.8 Å². The molecule has 24 heavy (non-hydrogen) atoms. The third-order valence-corrected chi connectivity index (χ3v) is 4.87. The van der Waals surface area contributed by atoms with Gasteiger partial charge in [0.25, 0.3) is 5.85 Å². The van der Waals surface area contributed by atoms with E-state index < -0.39 is 13.9 Å². The molecule has 2 aromatic rings. The van der Waals surface area contributed by atoms with Crippen molar-refractivity contribution in [1.82, 2.24) is 19.5 Å². The van der Waals surface area contributed by atoms with Gasteiger partial charge in [-0.2, -0.15) is 0 Å². The van der Waals surface area contributed by atoms with Crippen LogP contribution in [0, 0.1) is 0 Å². The second-order valence-electron chi connectivity index (χ2n) is 5.14. The zero-order valence-corrected chi connectivity index (χ0v) is 15.0. The van der Waals surface area contributed by atoms with Gasteiger partial charge in [-0.05, 0) is 6.92 Å². The molecule has 2 N–H and O–H groups in total. The highest BCUT2D eigenvalue weighted by atomic mass is 32.2. The van der Waals surface area contributed by atoms with E-state index >= 15 is 0 Å². The summed E-state index contributed by atoms with van der Waals surface area (Å²) < 4.78 is 18.7. The van der Waals surface area contributed by atoms with Gasteiger partial charge >= 0.3 is 8.03 Å². The zero-order chi connectivity index (χ0) is 17.7. The van der Waals surface area contributed by atoms with Gasteiger partial charge < -0.3 is 19.9 Å². The summed E-state index contributed by atoms with van der Waals surface area (Å²) in [6.45, 7) is 3.57. The summed E-state index contributed by atoms with van der Waals surface area (Å²) in [5, 5.41) is -0.0508. The molecule has 0 amide bonds. The van der Waals surface area contributed by atoms with Crippen LogP contribution < -0.4 is 10.6 Å². The molecule has 11 heteroatoms. The van der Waals surface area contributed by atoms with E-state index in [4.69, 9.17) is 10.5 Å². The molecule has 130 valence electrons. The SMILES string of the molecule is CC(=O)SCCC(OC(C)Cn1cnc2c(N)ncnc21)[P+](=O)[O-]. The number of nitrogens with zero attached hydrogens (tertiary/aromatic N) is 4. The van der Waals surface area contributed by atoms with Crippen LogP contribution in [-0.4, -0.2) is 42.3 Å². The van der Waals surface area contributed by atoms with Gasteiger partial charge in [-0.3, -0.25) is 4.79 Å². The number of carbonyl (C=O) groups is 1. The minimum absolute atomic E-state index is 0.0508. The molecule has 0 saturated heterocycles. The molecule has 2 rings (SSSR count). The van der Waals surface area contributed by atoms with Gasteiger partial charge in [0, 0.05) is 19.1 Å². The lowest BCUT2D eigenvalue weighted by Crippen LogP contribution is -2.24. The number of carbonyl (C=O) groups excluding carboxylic acids is 1. The molecule has 2 heterocycles. The van der Waals surface area contributed by atoms with Crippen molar-refractivity contribution in [2.75, 3.05) is 11.5 Å². The van der Waals surface area contributed by atoms with E-state index in [0.717, 1.165) is 11.8 Å². The van der Waals surface area contributed by atoms with Crippen molar-refractivity contribution >= 4 is 41.9 Å². The molecule has 3 atom stereocenters. The number of anilines is 1. The average Bonchev–Trinajstić information content (AvgIpc) is 2.90. The van der Waals surface area contributed by atoms with Crippen LogP contribution in [0.5, 0.6) is 0 Å². The predicted molar refractivity (Wildman–Crippen MR) is 89.4 cm³/mol. The van der Waals surface area contributed by atoms with Gasteiger partial charge in [-0.25, -0.2) is 15.0 Å². The van der Waals surface area contributed by atoms with Gasteiger partial charge in [0.1, 0.15) is 11.8 Å². The van der Waals surface area contributed by atoms with Crippen molar-refractivity contribution in [3.63, 3.8) is 0 Å². The van der Waals surface area contributed by atoms with Crippen LogP contribution in [0.15, 0.2) is 12.7 Å². The largest absolute Gasteiger partial charge is 0.593 e. The first-order chi connectivity index (χ1) is 11.4. The molecule has 0 aliphatic rings. The quantitative estimate of drug-likeness (QED) is 0.671. The minimum Gasteiger partial charge on any atom is -0.593 e. The Morgan fingerprint density at radius 1 is 1.50 bits per heavy atom. The van der Waals surface area contributed by atoms with Gasteiger partial charge in [0.2, 0.25) is 0 Å². The Morgan fingerprint density at radius 2 is 2.25 bits per heavy atom. The van der Waals surface area contributed by atoms with Crippen molar-refractivity contribution in [2.24, 2.45) is 0 Å². The maximum Gasteiger partial charge on any atom is 0.341 e. The minimum atomic E-state index is -2.75. The summed E-state index contributed by atoms with van der Waals surface area (Å²) in [5.41, 5.74) is 6.79. The smallest absolute Gasteiger partial charge is 0.341 e. The van der Waals surface area contributed by atoms with E-state index in [-0.39, 0.29) is 23.5 Å². The highest BCUT2D eigenvalue weighted by Gasteiger charge is 2.25. The molecule has 0 saturated carbocycles. The number of nitrogen functional groups attached to an aromatic ring is 1. The average molecular weight is 371 g/mol. The molecular weight excluding hydrogens is 353 g/mol. The molecule has 2 aromatic heterocycles. The number of aromatic nitrogens is 4. The molecule has 3 unspecified atom stereocenters. The first-order valence-corrected chi connectivity index (χ1v) is 9.45. The van der Waals surface area contributed by atoms with E-state index in [1.807, 2.05) is 0 Å². The molecule has 0 radical (unpaired) electrons. The number of ether oxygens (including phenoxy) is 1. The van der Waals surface area contributed by atoms with Gasteiger partial charge in [0.05, 0.1) is 19.0 Å². The zero-order valence-electron chi connectivity index (χ0n) is 13.3. The van der Waals surface area contributed by atoms with E-state index in [2.05, 4.69) is 15.0 Å². The Balaban J connectivity index is 1.99. The summed E-state index contributed by atoms with van der Waals surface area (Å²) in [5.74, 6) is -0.251. The highest BCUT2D eigenvalue weighted by Crippen LogP contribution is 2.26. The number of hydrogen-bond donors (Lipinski definition) is 1. The van der Waals surface area contributed by atoms with Crippen LogP contribution in [0.3, 0.4) is 0 Å². The molecule has 0 spiro atoms. The molecule has 0 aromatic carbocycles. The monoisotopic (exact) mass is 371 g/mol. The molecular formula is C13H18N5O4PS. The first kappa shape index (κ1) is 18.7. The molecule has 0 bridgehead atoms. The van der Waals surface area contributed by atoms with Gasteiger partial charge in [-0.15, -0.1) is 0 Å². The molecule has 9 nitrogen and oxygen atoms in total. The van der Waals surface area contributed by atoms with Crippen LogP contribution in [0.4, 0.5) is 5.82 Å². The first-order valence-electron chi connectivity index (χ1n) is 7.22. The maximum atomic E-state index is 11.3. The van der Waals surface area contributed by atoms with Crippen molar-refractivity contribution in [1.29, 1.82) is 0 Å². The van der Waals surface area contributed by atoms with Crippen molar-refractivity contribution in [2.45, 2.75) is 38.8 Å². The number of hydrogen-bond acceptors (Lipinski definition) is 9. The van der Waals surface area contributed by atoms with Crippen molar-refractivity contribution < 1.29 is 19.0 Å². The Bertz CT molecular complexity index is 740. The Morgan fingerprint density at radius 3 is 2.92 bits per heavy atom. The summed E-state index contributed by atoms with van der Waals surface area (Å²) in [6.07, 6.45) is 2.77. The fraction of sp³-hybridized carbons (Fsp3) is 0.538. The lowest BCUT2D eigenvalue weighted by atomic mass is 10.4. The van der Waals surface area contributed by atoms with E-state index in [0.29, 0.717) is 23.5 Å². The maximum absolute atomic E-state index is 11.3. The van der Waals surface area contributed by atoms with Crippen LogP contribution in [0.2, 0.25) is 0 Å². The van der Waals surface area contributed by atoms with Crippen LogP contribution in [0.25, 0.3) is 11.2 Å². The van der Waals surface area contributed by atoms with Crippen LogP contribution in [-0.2, 0) is 20.6 Å². The third kappa shape index (κ3) is 4.94. The molecule has 0 aliphatic heterocycles. The predicted octanol–water partition coefficient (Wildman–Crippen LogP) is 0.912. The van der Waals surface area contributed by atoms with Crippen molar-refractivity contribution in [3.05, 3.63) is 12.7 Å².